The van der Waals surface area contributed by atoms with Crippen LogP contribution in [-0.4, -0.2) is 31.1 Å². The van der Waals surface area contributed by atoms with Crippen LogP contribution in [0.2, 0.25) is 0 Å². The Bertz CT molecular complexity index is 623. The van der Waals surface area contributed by atoms with E-state index in [2.05, 4.69) is 0 Å². The number of hydrogen-bond donors (Lipinski definition) is 0. The Labute approximate surface area is 122 Å². The zero-order chi connectivity index (χ0) is 15.0. The van der Waals surface area contributed by atoms with Crippen LogP contribution in [0.15, 0.2) is 18.2 Å². The van der Waals surface area contributed by atoms with Gasteiger partial charge in [-0.15, -0.1) is 0 Å². The molecular formula is C16H17NO4. The number of ether oxygens (including phenoxy) is 1. The van der Waals surface area contributed by atoms with Gasteiger partial charge >= 0.3 is 0 Å². The molecule has 0 spiro atoms. The van der Waals surface area contributed by atoms with E-state index in [-0.39, 0.29) is 11.7 Å². The van der Waals surface area contributed by atoms with Crippen LogP contribution in [-0.2, 0) is 9.59 Å². The van der Waals surface area contributed by atoms with Gasteiger partial charge in [-0.2, -0.15) is 0 Å². The lowest BCUT2D eigenvalue weighted by molar-refractivity contribution is -0.121. The van der Waals surface area contributed by atoms with Gasteiger partial charge in [0, 0.05) is 24.9 Å². The second-order valence-electron chi connectivity index (χ2n) is 5.51. The molecule has 1 unspecified atom stereocenters. The van der Waals surface area contributed by atoms with Gasteiger partial charge in [-0.3, -0.25) is 14.4 Å². The first-order chi connectivity index (χ1) is 10.1. The molecule has 1 atom stereocenters. The monoisotopic (exact) mass is 287 g/mol. The molecule has 1 heterocycles. The highest BCUT2D eigenvalue weighted by atomic mass is 16.5. The van der Waals surface area contributed by atoms with Crippen LogP contribution in [0.5, 0.6) is 5.75 Å². The van der Waals surface area contributed by atoms with E-state index in [4.69, 9.17) is 4.74 Å². The number of carbonyl (C=O) groups is 3. The number of rotatable bonds is 4. The molecule has 3 rings (SSSR count). The summed E-state index contributed by atoms with van der Waals surface area (Å²) in [5.74, 6) is -0.0753. The third-order valence-electron chi connectivity index (χ3n) is 4.31. The summed E-state index contributed by atoms with van der Waals surface area (Å²) in [5, 5.41) is 0. The summed E-state index contributed by atoms with van der Waals surface area (Å²) < 4.78 is 5.15. The molecule has 21 heavy (non-hydrogen) atoms. The molecule has 2 aliphatic rings. The molecule has 5 nitrogen and oxygen atoms in total. The average molecular weight is 287 g/mol. The molecule has 0 aromatic heterocycles. The molecule has 1 aromatic carbocycles. The van der Waals surface area contributed by atoms with E-state index in [0.29, 0.717) is 36.4 Å². The van der Waals surface area contributed by atoms with Crippen molar-refractivity contribution in [2.24, 2.45) is 5.92 Å². The number of carbonyl (C=O) groups excluding carboxylic acids is 3. The molecule has 1 saturated carbocycles. The molecular weight excluding hydrogens is 270 g/mol. The van der Waals surface area contributed by atoms with Gasteiger partial charge in [0.15, 0.2) is 0 Å². The smallest absolute Gasteiger partial charge is 0.299 e. The number of amides is 1. The van der Waals surface area contributed by atoms with E-state index in [1.807, 2.05) is 0 Å². The molecule has 1 aliphatic heterocycles. The maximum absolute atomic E-state index is 12.1. The van der Waals surface area contributed by atoms with Crippen molar-refractivity contribution in [3.63, 3.8) is 0 Å². The second kappa shape index (κ2) is 5.31. The van der Waals surface area contributed by atoms with Crippen molar-refractivity contribution in [2.75, 3.05) is 18.6 Å². The zero-order valence-corrected chi connectivity index (χ0v) is 11.9. The van der Waals surface area contributed by atoms with Crippen molar-refractivity contribution in [1.82, 2.24) is 0 Å². The van der Waals surface area contributed by atoms with Crippen LogP contribution in [0.1, 0.15) is 36.0 Å². The van der Waals surface area contributed by atoms with Gasteiger partial charge in [-0.1, -0.05) is 0 Å². The number of anilines is 1. The Morgan fingerprint density at radius 1 is 1.29 bits per heavy atom. The number of ketones is 2. The highest BCUT2D eigenvalue weighted by Crippen LogP contribution is 2.33. The summed E-state index contributed by atoms with van der Waals surface area (Å²) >= 11 is 0. The minimum Gasteiger partial charge on any atom is -0.497 e. The fraction of sp³-hybridized carbons (Fsp3) is 0.438. The van der Waals surface area contributed by atoms with Crippen molar-refractivity contribution in [1.29, 1.82) is 0 Å². The third-order valence-corrected chi connectivity index (χ3v) is 4.31. The maximum Gasteiger partial charge on any atom is 0.299 e. The van der Waals surface area contributed by atoms with E-state index in [9.17, 15) is 14.4 Å². The molecule has 1 fully saturated rings. The van der Waals surface area contributed by atoms with Crippen LogP contribution in [0.3, 0.4) is 0 Å². The average Bonchev–Trinajstić information content (AvgIpc) is 3.00. The lowest BCUT2D eigenvalue weighted by Gasteiger charge is -2.18. The largest absolute Gasteiger partial charge is 0.497 e. The predicted molar refractivity (Wildman–Crippen MR) is 76.6 cm³/mol. The van der Waals surface area contributed by atoms with E-state index < -0.39 is 11.7 Å². The standard InChI is InChI=1S/C16H17NO4/c1-21-11-5-6-12-13(9-11)17(16(20)15(12)19)8-7-10-3-2-4-14(10)18/h5-6,9-10H,2-4,7-8H2,1H3. The van der Waals surface area contributed by atoms with Crippen molar-refractivity contribution >= 4 is 23.2 Å². The van der Waals surface area contributed by atoms with E-state index in [0.717, 1.165) is 12.8 Å². The molecule has 0 saturated heterocycles. The van der Waals surface area contributed by atoms with Gasteiger partial charge in [0.25, 0.3) is 11.7 Å². The fourth-order valence-electron chi connectivity index (χ4n) is 3.10. The quantitative estimate of drug-likeness (QED) is 0.794. The van der Waals surface area contributed by atoms with E-state index >= 15 is 0 Å². The molecule has 1 aromatic rings. The fourth-order valence-corrected chi connectivity index (χ4v) is 3.10. The van der Waals surface area contributed by atoms with Crippen molar-refractivity contribution in [2.45, 2.75) is 25.7 Å². The topological polar surface area (TPSA) is 63.7 Å². The molecule has 1 amide bonds. The predicted octanol–water partition coefficient (Wildman–Crippen LogP) is 1.98. The first-order valence-electron chi connectivity index (χ1n) is 7.18. The Balaban J connectivity index is 1.81. The first-order valence-corrected chi connectivity index (χ1v) is 7.18. The molecule has 0 bridgehead atoms. The van der Waals surface area contributed by atoms with Crippen LogP contribution >= 0.6 is 0 Å². The Morgan fingerprint density at radius 2 is 2.10 bits per heavy atom. The van der Waals surface area contributed by atoms with Crippen LogP contribution in [0.25, 0.3) is 0 Å². The third kappa shape index (κ3) is 2.33. The number of methoxy groups -OCH3 is 1. The van der Waals surface area contributed by atoms with Crippen molar-refractivity contribution in [3.05, 3.63) is 23.8 Å². The van der Waals surface area contributed by atoms with Crippen LogP contribution in [0.4, 0.5) is 5.69 Å². The highest BCUT2D eigenvalue weighted by Gasteiger charge is 2.36. The summed E-state index contributed by atoms with van der Waals surface area (Å²) in [6, 6.07) is 5.00. The molecule has 0 N–H and O–H groups in total. The van der Waals surface area contributed by atoms with Gasteiger partial charge < -0.3 is 9.64 Å². The number of fused-ring (bicyclic) bond motifs is 1. The number of hydrogen-bond acceptors (Lipinski definition) is 4. The molecule has 5 heteroatoms. The van der Waals surface area contributed by atoms with Crippen LogP contribution in [0, 0.1) is 5.92 Å². The summed E-state index contributed by atoms with van der Waals surface area (Å²) in [6.07, 6.45) is 3.08. The Morgan fingerprint density at radius 3 is 2.76 bits per heavy atom. The number of Topliss-reactive ketones (excluding diaryl/α,β-unsaturated/α-hetero) is 2. The minimum absolute atomic E-state index is 0.0301. The lowest BCUT2D eigenvalue weighted by atomic mass is 10.0. The normalized spacial score (nSPS) is 21.1. The Kier molecular flexibility index (Phi) is 3.49. The molecule has 0 radical (unpaired) electrons. The second-order valence-corrected chi connectivity index (χ2v) is 5.51. The van der Waals surface area contributed by atoms with Gasteiger partial charge in [-0.05, 0) is 31.4 Å². The number of nitrogens with zero attached hydrogens (tertiary/aromatic N) is 1. The van der Waals surface area contributed by atoms with Gasteiger partial charge in [-0.25, -0.2) is 0 Å². The minimum atomic E-state index is -0.510. The summed E-state index contributed by atoms with van der Waals surface area (Å²) in [6.45, 7) is 0.404. The molecule has 110 valence electrons. The maximum atomic E-state index is 12.1. The first kappa shape index (κ1) is 13.8. The van der Waals surface area contributed by atoms with Crippen molar-refractivity contribution in [3.8, 4) is 5.75 Å². The van der Waals surface area contributed by atoms with Gasteiger partial charge in [0.2, 0.25) is 0 Å². The summed E-state index contributed by atoms with van der Waals surface area (Å²) in [7, 11) is 1.54. The SMILES string of the molecule is COc1ccc2c(c1)N(CCC1CCCC1=O)C(=O)C2=O. The van der Waals surface area contributed by atoms with E-state index in [1.165, 1.54) is 4.90 Å². The summed E-state index contributed by atoms with van der Waals surface area (Å²) in [5.41, 5.74) is 1.01. The highest BCUT2D eigenvalue weighted by molar-refractivity contribution is 6.52. The van der Waals surface area contributed by atoms with E-state index in [1.54, 1.807) is 25.3 Å². The van der Waals surface area contributed by atoms with Crippen LogP contribution < -0.4 is 9.64 Å². The van der Waals surface area contributed by atoms with Gasteiger partial charge in [0.1, 0.15) is 11.5 Å². The number of benzene rings is 1. The summed E-state index contributed by atoms with van der Waals surface area (Å²) in [4.78, 5) is 37.2. The Hall–Kier alpha value is -2.17. The zero-order valence-electron chi connectivity index (χ0n) is 11.9. The van der Waals surface area contributed by atoms with Gasteiger partial charge in [0.05, 0.1) is 18.4 Å². The lowest BCUT2D eigenvalue weighted by Crippen LogP contribution is -2.32. The van der Waals surface area contributed by atoms with Crippen molar-refractivity contribution < 1.29 is 19.1 Å². The molecule has 1 aliphatic carbocycles.